The first-order valence-corrected chi connectivity index (χ1v) is 13.6. The number of carbonyl (C=O) groups is 2. The van der Waals surface area contributed by atoms with Gasteiger partial charge in [-0.1, -0.05) is 20.8 Å². The van der Waals surface area contributed by atoms with Gasteiger partial charge < -0.3 is 19.6 Å². The quantitative estimate of drug-likeness (QED) is 0.467. The normalized spacial score (nSPS) is 27.1. The van der Waals surface area contributed by atoms with Crippen LogP contribution in [0.2, 0.25) is 18.1 Å². The minimum absolute atomic E-state index is 0.0261. The molecule has 8 nitrogen and oxygen atoms in total. The van der Waals surface area contributed by atoms with Crippen LogP contribution in [-0.2, 0) is 20.4 Å². The summed E-state index contributed by atoms with van der Waals surface area (Å²) in [6, 6.07) is -1.15. The molecule has 0 bridgehead atoms. The molecule has 0 unspecified atom stereocenters. The predicted octanol–water partition coefficient (Wildman–Crippen LogP) is 1.81. The minimum atomic E-state index is -1.94. The Morgan fingerprint density at radius 1 is 1.27 bits per heavy atom. The zero-order chi connectivity index (χ0) is 22.5. The van der Waals surface area contributed by atoms with Crippen molar-refractivity contribution in [3.63, 3.8) is 0 Å². The number of aromatic nitrogens is 2. The van der Waals surface area contributed by atoms with E-state index < -0.39 is 20.4 Å². The molecular formula is C21H37N5O3Si. The van der Waals surface area contributed by atoms with Gasteiger partial charge >= 0.3 is 0 Å². The monoisotopic (exact) mass is 435 g/mol. The van der Waals surface area contributed by atoms with Crippen molar-refractivity contribution in [2.45, 2.75) is 95.8 Å². The molecule has 1 aromatic rings. The third-order valence-corrected chi connectivity index (χ3v) is 10.9. The molecule has 3 N–H and O–H groups in total. The highest BCUT2D eigenvalue weighted by Crippen LogP contribution is 2.40. The summed E-state index contributed by atoms with van der Waals surface area (Å²) in [5.41, 5.74) is 0.525. The second-order valence-electron chi connectivity index (χ2n) is 11.1. The van der Waals surface area contributed by atoms with Crippen LogP contribution in [0.4, 0.5) is 0 Å². The Morgan fingerprint density at radius 3 is 2.47 bits per heavy atom. The van der Waals surface area contributed by atoms with Crippen molar-refractivity contribution in [2.24, 2.45) is 0 Å². The fraction of sp³-hybridized carbons (Fsp3) is 0.762. The average molecular weight is 436 g/mol. The van der Waals surface area contributed by atoms with Crippen LogP contribution in [-0.4, -0.2) is 71.3 Å². The summed E-state index contributed by atoms with van der Waals surface area (Å²) >= 11 is 0. The lowest BCUT2D eigenvalue weighted by Crippen LogP contribution is -2.62. The van der Waals surface area contributed by atoms with Gasteiger partial charge in [0, 0.05) is 23.9 Å². The molecule has 4 atom stereocenters. The molecule has 0 radical (unpaired) electrons. The predicted molar refractivity (Wildman–Crippen MR) is 118 cm³/mol. The minimum Gasteiger partial charge on any atom is -0.415 e. The van der Waals surface area contributed by atoms with Crippen molar-refractivity contribution in [1.29, 1.82) is 0 Å². The molecular weight excluding hydrogens is 398 g/mol. The molecule has 2 aliphatic rings. The largest absolute Gasteiger partial charge is 0.415 e. The average Bonchev–Trinajstić information content (AvgIpc) is 3.07. The summed E-state index contributed by atoms with van der Waals surface area (Å²) in [5.74, 6) is -0.0484. The first-order valence-electron chi connectivity index (χ1n) is 10.7. The van der Waals surface area contributed by atoms with Gasteiger partial charge in [0.1, 0.15) is 6.04 Å². The fourth-order valence-electron chi connectivity index (χ4n) is 3.69. The number of aromatic amines is 1. The maximum atomic E-state index is 13.1. The number of rotatable bonds is 6. The van der Waals surface area contributed by atoms with Gasteiger partial charge in [0.15, 0.2) is 8.32 Å². The van der Waals surface area contributed by atoms with Crippen molar-refractivity contribution >= 4 is 20.1 Å². The van der Waals surface area contributed by atoms with E-state index in [1.54, 1.807) is 12.5 Å². The number of amides is 2. The second kappa shape index (κ2) is 7.76. The van der Waals surface area contributed by atoms with Crippen LogP contribution in [0, 0.1) is 0 Å². The summed E-state index contributed by atoms with van der Waals surface area (Å²) in [5, 5.41) is 6.48. The molecule has 168 valence electrons. The summed E-state index contributed by atoms with van der Waals surface area (Å²) in [6.07, 6.45) is 3.78. The molecule has 3 rings (SSSR count). The zero-order valence-electron chi connectivity index (χ0n) is 19.5. The standard InChI is InChI=1S/C21H37N5O3Si/c1-20(2,3)25-18(27)16-17-15(11-29-30(7,8)21(4,5)6)26(17)19(28)14(24-16)9-13-10-22-12-23-13/h10,12,14-17,24H,9,11H2,1-8H3,(H,22,23)(H,25,27)/t14-,15+,16+,17-,26?/m0/s1. The van der Waals surface area contributed by atoms with E-state index in [0.29, 0.717) is 13.0 Å². The Bertz CT molecular complexity index is 782. The second-order valence-corrected chi connectivity index (χ2v) is 15.9. The van der Waals surface area contributed by atoms with Gasteiger partial charge in [-0.15, -0.1) is 0 Å². The third kappa shape index (κ3) is 4.78. The topological polar surface area (TPSA) is 99.1 Å². The zero-order valence-corrected chi connectivity index (χ0v) is 20.5. The number of imidazole rings is 1. The van der Waals surface area contributed by atoms with Crippen molar-refractivity contribution < 1.29 is 14.0 Å². The molecule has 0 spiro atoms. The number of fused-ring (bicyclic) bond motifs is 1. The first kappa shape index (κ1) is 23.0. The lowest BCUT2D eigenvalue weighted by molar-refractivity contribution is -0.133. The van der Waals surface area contributed by atoms with Gasteiger partial charge in [0.05, 0.1) is 31.1 Å². The van der Waals surface area contributed by atoms with E-state index in [-0.39, 0.29) is 34.5 Å². The summed E-state index contributed by atoms with van der Waals surface area (Å²) in [6.45, 7) is 17.4. The highest BCUT2D eigenvalue weighted by Gasteiger charge is 2.62. The van der Waals surface area contributed by atoms with Crippen LogP contribution in [0.1, 0.15) is 47.2 Å². The third-order valence-electron chi connectivity index (χ3n) is 6.44. The van der Waals surface area contributed by atoms with E-state index in [1.165, 1.54) is 0 Å². The van der Waals surface area contributed by atoms with Crippen LogP contribution in [0.3, 0.4) is 0 Å². The van der Waals surface area contributed by atoms with Crippen molar-refractivity contribution in [1.82, 2.24) is 25.5 Å². The Morgan fingerprint density at radius 2 is 1.93 bits per heavy atom. The van der Waals surface area contributed by atoms with Crippen LogP contribution < -0.4 is 10.6 Å². The summed E-state index contributed by atoms with van der Waals surface area (Å²) in [7, 11) is -1.94. The van der Waals surface area contributed by atoms with E-state index in [9.17, 15) is 9.59 Å². The van der Waals surface area contributed by atoms with Gasteiger partial charge in [-0.25, -0.2) is 4.98 Å². The van der Waals surface area contributed by atoms with Crippen molar-refractivity contribution in [3.05, 3.63) is 18.2 Å². The number of H-pyrrole nitrogens is 1. The van der Waals surface area contributed by atoms with Crippen LogP contribution >= 0.6 is 0 Å². The number of nitrogens with one attached hydrogen (secondary N) is 3. The van der Waals surface area contributed by atoms with Crippen LogP contribution in [0.25, 0.3) is 0 Å². The van der Waals surface area contributed by atoms with E-state index in [0.717, 1.165) is 5.69 Å². The van der Waals surface area contributed by atoms with Gasteiger partial charge in [-0.05, 0) is 38.9 Å². The van der Waals surface area contributed by atoms with E-state index in [1.807, 2.05) is 25.7 Å². The highest BCUT2D eigenvalue weighted by atomic mass is 28.4. The Balaban J connectivity index is 1.76. The molecule has 0 aromatic carbocycles. The summed E-state index contributed by atoms with van der Waals surface area (Å²) in [4.78, 5) is 35.1. The first-order chi connectivity index (χ1) is 13.7. The Hall–Kier alpha value is -1.71. The maximum Gasteiger partial charge on any atom is 0.240 e. The Labute approximate surface area is 180 Å². The molecule has 30 heavy (non-hydrogen) atoms. The smallest absolute Gasteiger partial charge is 0.240 e. The van der Waals surface area contributed by atoms with Crippen molar-refractivity contribution in [3.8, 4) is 0 Å². The molecule has 2 amide bonds. The lowest BCUT2D eigenvalue weighted by Gasteiger charge is -2.36. The molecule has 2 saturated heterocycles. The molecule has 1 aromatic heterocycles. The number of hydrogen-bond acceptors (Lipinski definition) is 5. The number of hydrogen-bond donors (Lipinski definition) is 3. The summed E-state index contributed by atoms with van der Waals surface area (Å²) < 4.78 is 6.40. The highest BCUT2D eigenvalue weighted by molar-refractivity contribution is 6.74. The SMILES string of the molecule is CC(C)(C)NC(=O)[C@@H]1N[C@@H](Cc2cnc[nH]2)C(=O)N2[C@H]1[C@H]2CO[Si](C)(C)C(C)(C)C. The maximum absolute atomic E-state index is 13.1. The van der Waals surface area contributed by atoms with Gasteiger partial charge in [-0.2, -0.15) is 0 Å². The Kier molecular flexibility index (Phi) is 5.94. The van der Waals surface area contributed by atoms with Crippen molar-refractivity contribution in [2.75, 3.05) is 6.61 Å². The molecule has 9 heteroatoms. The number of nitrogens with zero attached hydrogens (tertiary/aromatic N) is 2. The molecule has 3 heterocycles. The molecule has 0 aliphatic carbocycles. The fourth-order valence-corrected chi connectivity index (χ4v) is 4.71. The van der Waals surface area contributed by atoms with E-state index in [2.05, 4.69) is 54.5 Å². The van der Waals surface area contributed by atoms with Gasteiger partial charge in [0.25, 0.3) is 0 Å². The van der Waals surface area contributed by atoms with Gasteiger partial charge in [-0.3, -0.25) is 14.9 Å². The number of piperazine rings is 1. The molecule has 2 fully saturated rings. The lowest BCUT2D eigenvalue weighted by atomic mass is 10.0. The number of carbonyl (C=O) groups excluding carboxylic acids is 2. The van der Waals surface area contributed by atoms with E-state index in [4.69, 9.17) is 4.43 Å². The molecule has 0 saturated carbocycles. The van der Waals surface area contributed by atoms with Gasteiger partial charge in [0.2, 0.25) is 11.8 Å². The van der Waals surface area contributed by atoms with E-state index >= 15 is 0 Å². The van der Waals surface area contributed by atoms with Crippen LogP contribution in [0.5, 0.6) is 0 Å². The molecule has 2 aliphatic heterocycles. The van der Waals surface area contributed by atoms with Crippen LogP contribution in [0.15, 0.2) is 12.5 Å².